The van der Waals surface area contributed by atoms with Gasteiger partial charge >= 0.3 is 0 Å². The Morgan fingerprint density at radius 3 is 1.95 bits per heavy atom. The summed E-state index contributed by atoms with van der Waals surface area (Å²) in [6.45, 7) is 0. The van der Waals surface area contributed by atoms with Gasteiger partial charge in [0.05, 0.1) is 11.3 Å². The molecule has 0 saturated heterocycles. The van der Waals surface area contributed by atoms with Gasteiger partial charge in [0, 0.05) is 27.1 Å². The van der Waals surface area contributed by atoms with E-state index in [1.807, 2.05) is 72.8 Å². The number of fused-ring (bicyclic) bond motifs is 3. The molecule has 7 rings (SSSR count). The number of ketones is 2. The summed E-state index contributed by atoms with van der Waals surface area (Å²) in [7, 11) is 0. The maximum Gasteiger partial charge on any atom is 0.197 e. The number of rotatable bonds is 4. The molecular weight excluding hydrogens is 505 g/mol. The molecule has 1 aliphatic carbocycles. The second-order valence-electron chi connectivity index (χ2n) is 9.45. The molecule has 0 atom stereocenters. The number of halogens is 1. The van der Waals surface area contributed by atoms with Crippen molar-refractivity contribution in [3.63, 3.8) is 0 Å². The SMILES string of the molecule is O=C1C(=Cc2ccc(N(c3ccc(F)cc3)c3cccc4ccccc34)s2)C(=O)c2cc3ccccc3cc21. The van der Waals surface area contributed by atoms with Crippen molar-refractivity contribution in [3.05, 3.63) is 143 Å². The first-order valence-electron chi connectivity index (χ1n) is 12.5. The molecule has 3 nitrogen and oxygen atoms in total. The summed E-state index contributed by atoms with van der Waals surface area (Å²) in [4.78, 5) is 29.4. The molecule has 186 valence electrons. The molecule has 0 fully saturated rings. The Bertz CT molecular complexity index is 1910. The van der Waals surface area contributed by atoms with Crippen LogP contribution in [0.2, 0.25) is 0 Å². The number of thiophene rings is 1. The number of hydrogen-bond acceptors (Lipinski definition) is 4. The van der Waals surface area contributed by atoms with Crippen molar-refractivity contribution in [2.24, 2.45) is 0 Å². The zero-order valence-electron chi connectivity index (χ0n) is 20.6. The van der Waals surface area contributed by atoms with Crippen LogP contribution in [0.15, 0.2) is 121 Å². The van der Waals surface area contributed by atoms with Crippen LogP contribution >= 0.6 is 11.3 Å². The Hall–Kier alpha value is -4.87. The zero-order chi connectivity index (χ0) is 26.5. The lowest BCUT2D eigenvalue weighted by atomic mass is 10.0. The predicted octanol–water partition coefficient (Wildman–Crippen LogP) is 9.13. The van der Waals surface area contributed by atoms with Gasteiger partial charge in [-0.1, -0.05) is 60.7 Å². The van der Waals surface area contributed by atoms with Gasteiger partial charge in [0.2, 0.25) is 0 Å². The van der Waals surface area contributed by atoms with Crippen LogP contribution in [0.5, 0.6) is 0 Å². The monoisotopic (exact) mass is 525 g/mol. The first-order chi connectivity index (χ1) is 19.1. The zero-order valence-corrected chi connectivity index (χ0v) is 21.4. The summed E-state index contributed by atoms with van der Waals surface area (Å²) < 4.78 is 13.8. The molecule has 5 aromatic carbocycles. The lowest BCUT2D eigenvalue weighted by molar-refractivity contribution is 0.0990. The summed E-state index contributed by atoms with van der Waals surface area (Å²) in [6, 6.07) is 35.8. The second-order valence-corrected chi connectivity index (χ2v) is 10.5. The van der Waals surface area contributed by atoms with E-state index in [2.05, 4.69) is 23.1 Å². The van der Waals surface area contributed by atoms with Crippen LogP contribution < -0.4 is 4.90 Å². The molecular formula is C34H20FNO2S. The first-order valence-corrected chi connectivity index (χ1v) is 13.4. The van der Waals surface area contributed by atoms with Crippen LogP contribution in [0.25, 0.3) is 27.6 Å². The lowest BCUT2D eigenvalue weighted by Crippen LogP contribution is -2.08. The number of hydrogen-bond donors (Lipinski definition) is 0. The van der Waals surface area contributed by atoms with E-state index in [1.165, 1.54) is 23.5 Å². The number of carbonyl (C=O) groups excluding carboxylic acids is 2. The van der Waals surface area contributed by atoms with Crippen molar-refractivity contribution < 1.29 is 14.0 Å². The van der Waals surface area contributed by atoms with Crippen LogP contribution in [-0.4, -0.2) is 11.6 Å². The molecule has 39 heavy (non-hydrogen) atoms. The van der Waals surface area contributed by atoms with Crippen molar-refractivity contribution in [2.75, 3.05) is 4.90 Å². The normalized spacial score (nSPS) is 12.8. The Morgan fingerprint density at radius 2 is 1.26 bits per heavy atom. The number of Topliss-reactive ketones (excluding diaryl/α,β-unsaturated/α-hetero) is 2. The summed E-state index contributed by atoms with van der Waals surface area (Å²) >= 11 is 1.47. The van der Waals surface area contributed by atoms with E-state index in [4.69, 9.17) is 0 Å². The molecule has 0 saturated carbocycles. The Morgan fingerprint density at radius 1 is 0.641 bits per heavy atom. The molecule has 5 heteroatoms. The summed E-state index contributed by atoms with van der Waals surface area (Å²) in [6.07, 6.45) is 1.69. The molecule has 0 unspecified atom stereocenters. The number of carbonyl (C=O) groups is 2. The van der Waals surface area contributed by atoms with E-state index in [9.17, 15) is 14.0 Å². The average Bonchev–Trinajstić information content (AvgIpc) is 3.52. The third-order valence-electron chi connectivity index (χ3n) is 7.08. The smallest absolute Gasteiger partial charge is 0.197 e. The molecule has 0 amide bonds. The van der Waals surface area contributed by atoms with E-state index in [1.54, 1.807) is 18.2 Å². The highest BCUT2D eigenvalue weighted by Crippen LogP contribution is 2.43. The minimum atomic E-state index is -0.307. The van der Waals surface area contributed by atoms with Crippen LogP contribution in [-0.2, 0) is 0 Å². The van der Waals surface area contributed by atoms with Crippen molar-refractivity contribution in [2.45, 2.75) is 0 Å². The summed E-state index contributed by atoms with van der Waals surface area (Å²) in [5.74, 6) is -0.806. The van der Waals surface area contributed by atoms with Gasteiger partial charge in [-0.3, -0.25) is 9.59 Å². The van der Waals surface area contributed by atoms with Gasteiger partial charge in [-0.25, -0.2) is 4.39 Å². The van der Waals surface area contributed by atoms with Crippen LogP contribution in [0.1, 0.15) is 25.6 Å². The maximum atomic E-state index is 13.8. The Kier molecular flexibility index (Phi) is 5.46. The van der Waals surface area contributed by atoms with E-state index >= 15 is 0 Å². The largest absolute Gasteiger partial charge is 0.301 e. The number of nitrogens with zero attached hydrogens (tertiary/aromatic N) is 1. The minimum Gasteiger partial charge on any atom is -0.301 e. The van der Waals surface area contributed by atoms with Crippen molar-refractivity contribution in [1.82, 2.24) is 0 Å². The molecule has 0 N–H and O–H groups in total. The topological polar surface area (TPSA) is 37.4 Å². The molecule has 0 radical (unpaired) electrons. The predicted molar refractivity (Wildman–Crippen MR) is 157 cm³/mol. The number of allylic oxidation sites excluding steroid dienone is 1. The van der Waals surface area contributed by atoms with Gasteiger partial charge in [0.1, 0.15) is 10.8 Å². The highest BCUT2D eigenvalue weighted by molar-refractivity contribution is 7.17. The van der Waals surface area contributed by atoms with Crippen molar-refractivity contribution in [3.8, 4) is 0 Å². The van der Waals surface area contributed by atoms with Crippen LogP contribution in [0, 0.1) is 5.82 Å². The fourth-order valence-corrected chi connectivity index (χ4v) is 6.19. The number of anilines is 3. The molecule has 0 spiro atoms. The van der Waals surface area contributed by atoms with Gasteiger partial charge in [0.15, 0.2) is 11.6 Å². The first kappa shape index (κ1) is 23.3. The third kappa shape index (κ3) is 3.95. The van der Waals surface area contributed by atoms with Gasteiger partial charge in [0.25, 0.3) is 0 Å². The van der Waals surface area contributed by atoms with E-state index < -0.39 is 0 Å². The highest BCUT2D eigenvalue weighted by Gasteiger charge is 2.33. The van der Waals surface area contributed by atoms with Crippen molar-refractivity contribution in [1.29, 1.82) is 0 Å². The Labute approximate surface area is 228 Å². The quantitative estimate of drug-likeness (QED) is 0.170. The Balaban J connectivity index is 1.32. The van der Waals surface area contributed by atoms with Crippen LogP contribution in [0.4, 0.5) is 20.8 Å². The molecule has 0 bridgehead atoms. The molecule has 0 aliphatic heterocycles. The van der Waals surface area contributed by atoms with E-state index in [-0.39, 0.29) is 23.0 Å². The fourth-order valence-electron chi connectivity index (χ4n) is 5.20. The van der Waals surface area contributed by atoms with Gasteiger partial charge in [-0.05, 0) is 76.8 Å². The molecule has 6 aromatic rings. The standard InChI is InChI=1S/C34H20FNO2S/c35-24-12-14-25(15-13-24)36(31-11-5-9-21-6-3-4-10-27(21)31)32-17-16-26(39-32)20-30-33(37)28-18-22-7-1-2-8-23(22)19-29(28)34(30)38/h1-20H. The van der Waals surface area contributed by atoms with Gasteiger partial charge in [-0.15, -0.1) is 11.3 Å². The van der Waals surface area contributed by atoms with Gasteiger partial charge < -0.3 is 4.90 Å². The number of benzene rings is 5. The summed E-state index contributed by atoms with van der Waals surface area (Å²) in [5, 5.41) is 4.89. The molecule has 1 heterocycles. The van der Waals surface area contributed by atoms with Crippen molar-refractivity contribution >= 4 is 66.9 Å². The second kappa shape index (κ2) is 9.15. The molecule has 1 aliphatic rings. The minimum absolute atomic E-state index is 0.173. The van der Waals surface area contributed by atoms with Crippen LogP contribution in [0.3, 0.4) is 0 Å². The third-order valence-corrected chi connectivity index (χ3v) is 8.09. The van der Waals surface area contributed by atoms with E-state index in [0.717, 1.165) is 42.8 Å². The maximum absolute atomic E-state index is 13.8. The van der Waals surface area contributed by atoms with Gasteiger partial charge in [-0.2, -0.15) is 0 Å². The molecule has 1 aromatic heterocycles. The summed E-state index contributed by atoms with van der Waals surface area (Å²) in [5.41, 5.74) is 2.83. The average molecular weight is 526 g/mol. The lowest BCUT2D eigenvalue weighted by Gasteiger charge is -2.25. The van der Waals surface area contributed by atoms with E-state index in [0.29, 0.717) is 11.1 Å². The fraction of sp³-hybridized carbons (Fsp3) is 0. The highest BCUT2D eigenvalue weighted by atomic mass is 32.1.